The summed E-state index contributed by atoms with van der Waals surface area (Å²) in [5, 5.41) is 3.63. The van der Waals surface area contributed by atoms with Crippen molar-refractivity contribution in [1.29, 1.82) is 0 Å². The van der Waals surface area contributed by atoms with E-state index in [-0.39, 0.29) is 50.7 Å². The number of anilines is 1. The second kappa shape index (κ2) is 14.7. The Kier molecular flexibility index (Phi) is 14.1. The van der Waals surface area contributed by atoms with E-state index in [1.54, 1.807) is 0 Å². The summed E-state index contributed by atoms with van der Waals surface area (Å²) in [5.41, 5.74) is 7.31. The summed E-state index contributed by atoms with van der Waals surface area (Å²) in [6.45, 7) is 9.90. The molecule has 0 saturated carbocycles. The summed E-state index contributed by atoms with van der Waals surface area (Å²) in [4.78, 5) is 11.3. The van der Waals surface area contributed by atoms with Crippen LogP contribution in [0.15, 0.2) is 60.9 Å². The molecule has 0 fully saturated rings. The second-order valence-electron chi connectivity index (χ2n) is 7.05. The summed E-state index contributed by atoms with van der Waals surface area (Å²) >= 11 is 0. The van der Waals surface area contributed by atoms with Crippen molar-refractivity contribution >= 4 is 5.69 Å². The summed E-state index contributed by atoms with van der Waals surface area (Å²) in [5.74, 6) is 0. The molecule has 0 bridgehead atoms. The molecule has 1 N–H and O–H groups in total. The van der Waals surface area contributed by atoms with Gasteiger partial charge in [0.05, 0.1) is 11.4 Å². The van der Waals surface area contributed by atoms with E-state index in [0.717, 1.165) is 37.6 Å². The van der Waals surface area contributed by atoms with Gasteiger partial charge in [0.2, 0.25) is 0 Å². The molecular weight excluding hydrogens is 551 g/mol. The Balaban J connectivity index is 0.00000280. The minimum absolute atomic E-state index is 0. The first kappa shape index (κ1) is 28.7. The van der Waals surface area contributed by atoms with Gasteiger partial charge in [-0.25, -0.2) is 0 Å². The first-order valence-corrected chi connectivity index (χ1v) is 9.46. The van der Waals surface area contributed by atoms with Crippen molar-refractivity contribution in [1.82, 2.24) is 14.9 Å². The topological polar surface area (TPSA) is 41.0 Å². The molecule has 2 aromatic heterocycles. The Bertz CT molecular complexity index is 799. The predicted octanol–water partition coefficient (Wildman–Crippen LogP) is -1.48. The summed E-state index contributed by atoms with van der Waals surface area (Å²) in [6, 6.07) is 16.6. The standard InChI is InChI=1S/C23H28N4.2BrH.Co/c1-18-14-19(2)23(20(3)15-18)26-12-13-27(16-21-8-4-6-10-24-21)17-22-9-5-7-11-25-22;;;/h4-11,14-15,26H,12-13,16-17H2,1-3H3;2*1H;/q;;;+2/p-2. The number of aromatic nitrogens is 2. The maximum atomic E-state index is 4.48. The van der Waals surface area contributed by atoms with E-state index < -0.39 is 0 Å². The molecule has 1 aromatic carbocycles. The molecule has 30 heavy (non-hydrogen) atoms. The van der Waals surface area contributed by atoms with Crippen LogP contribution in [-0.4, -0.2) is 28.0 Å². The molecule has 3 aromatic rings. The van der Waals surface area contributed by atoms with Gasteiger partial charge in [-0.1, -0.05) is 29.8 Å². The maximum Gasteiger partial charge on any atom is 2.00 e. The average molecular weight is 579 g/mol. The van der Waals surface area contributed by atoms with Crippen LogP contribution in [0.25, 0.3) is 0 Å². The Morgan fingerprint density at radius 3 is 1.73 bits per heavy atom. The largest absolute Gasteiger partial charge is 2.00 e. The van der Waals surface area contributed by atoms with Crippen molar-refractivity contribution in [3.8, 4) is 0 Å². The van der Waals surface area contributed by atoms with Gasteiger partial charge in [-0.15, -0.1) is 0 Å². The van der Waals surface area contributed by atoms with Gasteiger partial charge < -0.3 is 39.3 Å². The van der Waals surface area contributed by atoms with Crippen molar-refractivity contribution in [3.63, 3.8) is 0 Å². The van der Waals surface area contributed by atoms with E-state index in [1.807, 2.05) is 36.7 Å². The quantitative estimate of drug-likeness (QED) is 0.354. The minimum atomic E-state index is 0. The van der Waals surface area contributed by atoms with Crippen LogP contribution in [0.1, 0.15) is 28.1 Å². The van der Waals surface area contributed by atoms with Gasteiger partial charge in [-0.3, -0.25) is 14.9 Å². The SMILES string of the molecule is Cc1cc(C)c(NCCN(Cc2ccccn2)Cc2ccccn2)c(C)c1.[Br-].[Br-].[Co+2]. The van der Waals surface area contributed by atoms with E-state index in [1.165, 1.54) is 22.4 Å². The van der Waals surface area contributed by atoms with Gasteiger partial charge in [0.1, 0.15) is 0 Å². The molecule has 0 spiro atoms. The van der Waals surface area contributed by atoms with Gasteiger partial charge in [-0.05, 0) is 56.2 Å². The van der Waals surface area contributed by atoms with Crippen molar-refractivity contribution < 1.29 is 50.7 Å². The van der Waals surface area contributed by atoms with Gasteiger partial charge in [-0.2, -0.15) is 0 Å². The Hall–Kier alpha value is -1.25. The van der Waals surface area contributed by atoms with E-state index in [0.29, 0.717) is 0 Å². The number of benzene rings is 1. The van der Waals surface area contributed by atoms with Crippen LogP contribution in [-0.2, 0) is 29.9 Å². The molecule has 2 heterocycles. The fourth-order valence-electron chi connectivity index (χ4n) is 3.45. The third-order valence-electron chi connectivity index (χ3n) is 4.63. The third kappa shape index (κ3) is 8.85. The normalized spacial score (nSPS) is 9.87. The second-order valence-corrected chi connectivity index (χ2v) is 7.05. The third-order valence-corrected chi connectivity index (χ3v) is 4.63. The zero-order valence-electron chi connectivity index (χ0n) is 17.5. The zero-order chi connectivity index (χ0) is 19.1. The van der Waals surface area contributed by atoms with E-state index >= 15 is 0 Å². The van der Waals surface area contributed by atoms with E-state index in [2.05, 4.69) is 65.2 Å². The Morgan fingerprint density at radius 2 is 1.30 bits per heavy atom. The number of nitrogens with one attached hydrogen (secondary N) is 1. The number of nitrogens with zero attached hydrogens (tertiary/aromatic N) is 3. The van der Waals surface area contributed by atoms with Crippen LogP contribution in [0.3, 0.4) is 0 Å². The molecule has 0 aliphatic rings. The van der Waals surface area contributed by atoms with Crippen molar-refractivity contribution in [3.05, 3.63) is 89.0 Å². The predicted molar refractivity (Wildman–Crippen MR) is 112 cm³/mol. The summed E-state index contributed by atoms with van der Waals surface area (Å²) in [7, 11) is 0. The fraction of sp³-hybridized carbons (Fsp3) is 0.304. The van der Waals surface area contributed by atoms with Crippen molar-refractivity contribution in [2.24, 2.45) is 0 Å². The minimum Gasteiger partial charge on any atom is -1.00 e. The van der Waals surface area contributed by atoms with Gasteiger partial charge in [0.15, 0.2) is 0 Å². The molecule has 0 atom stereocenters. The molecule has 1 radical (unpaired) electrons. The van der Waals surface area contributed by atoms with Crippen LogP contribution in [0.4, 0.5) is 5.69 Å². The molecule has 0 aliphatic carbocycles. The summed E-state index contributed by atoms with van der Waals surface area (Å²) in [6.07, 6.45) is 3.71. The first-order chi connectivity index (χ1) is 13.1. The number of hydrogen-bond donors (Lipinski definition) is 1. The first-order valence-electron chi connectivity index (χ1n) is 9.46. The van der Waals surface area contributed by atoms with Crippen LogP contribution < -0.4 is 39.3 Å². The summed E-state index contributed by atoms with van der Waals surface area (Å²) < 4.78 is 0. The number of rotatable bonds is 8. The van der Waals surface area contributed by atoms with Crippen LogP contribution in [0.2, 0.25) is 0 Å². The maximum absolute atomic E-state index is 4.48. The molecule has 0 unspecified atom stereocenters. The number of aryl methyl sites for hydroxylation is 3. The van der Waals surface area contributed by atoms with Crippen LogP contribution in [0, 0.1) is 20.8 Å². The van der Waals surface area contributed by atoms with E-state index in [4.69, 9.17) is 0 Å². The Labute approximate surface area is 211 Å². The van der Waals surface area contributed by atoms with Gasteiger partial charge in [0.25, 0.3) is 0 Å². The smallest absolute Gasteiger partial charge is 1.00 e. The molecule has 4 nitrogen and oxygen atoms in total. The molecule has 0 aliphatic heterocycles. The molecule has 3 rings (SSSR count). The van der Waals surface area contributed by atoms with Crippen LogP contribution >= 0.6 is 0 Å². The van der Waals surface area contributed by atoms with E-state index in [9.17, 15) is 0 Å². The average Bonchev–Trinajstić information content (AvgIpc) is 2.65. The van der Waals surface area contributed by atoms with Crippen molar-refractivity contribution in [2.75, 3.05) is 18.4 Å². The van der Waals surface area contributed by atoms with Gasteiger partial charge in [0, 0.05) is 44.3 Å². The number of pyridine rings is 2. The molecule has 163 valence electrons. The number of halogens is 2. The monoisotopic (exact) mass is 577 g/mol. The van der Waals surface area contributed by atoms with Crippen molar-refractivity contribution in [2.45, 2.75) is 33.9 Å². The fourth-order valence-corrected chi connectivity index (χ4v) is 3.45. The Morgan fingerprint density at radius 1 is 0.800 bits per heavy atom. The van der Waals surface area contributed by atoms with Crippen LogP contribution in [0.5, 0.6) is 0 Å². The molecule has 7 heteroatoms. The van der Waals surface area contributed by atoms with Gasteiger partial charge >= 0.3 is 16.8 Å². The zero-order valence-corrected chi connectivity index (χ0v) is 21.7. The molecular formula is C23H28Br2CoN4. The molecule has 0 amide bonds. The molecule has 0 saturated heterocycles. The number of hydrogen-bond acceptors (Lipinski definition) is 4.